The summed E-state index contributed by atoms with van der Waals surface area (Å²) in [4.78, 5) is 43.6. The van der Waals surface area contributed by atoms with Gasteiger partial charge in [-0.25, -0.2) is 4.98 Å². The van der Waals surface area contributed by atoms with Gasteiger partial charge in [-0.2, -0.15) is 0 Å². The average molecular weight is 481 g/mol. The Balaban J connectivity index is 1.62. The number of imidazole rings is 1. The number of rotatable bonds is 7. The minimum absolute atomic E-state index is 0.132. The molecule has 2 N–H and O–H groups in total. The zero-order chi connectivity index (χ0) is 24.2. The topological polar surface area (TPSA) is 105 Å². The van der Waals surface area contributed by atoms with Gasteiger partial charge in [-0.15, -0.1) is 0 Å². The van der Waals surface area contributed by atoms with Crippen LogP contribution in [0.5, 0.6) is 0 Å². The minimum Gasteiger partial charge on any atom is -0.480 e. The van der Waals surface area contributed by atoms with E-state index in [-0.39, 0.29) is 25.3 Å². The Bertz CT molecular complexity index is 1210. The molecule has 2 atom stereocenters. The van der Waals surface area contributed by atoms with E-state index in [1.807, 2.05) is 59.2 Å². The van der Waals surface area contributed by atoms with Gasteiger partial charge >= 0.3 is 5.97 Å². The largest absolute Gasteiger partial charge is 0.480 e. The van der Waals surface area contributed by atoms with Crippen LogP contribution in [-0.4, -0.2) is 49.4 Å². The van der Waals surface area contributed by atoms with Crippen LogP contribution in [0.1, 0.15) is 29.4 Å². The molecule has 8 nitrogen and oxygen atoms in total. The van der Waals surface area contributed by atoms with E-state index in [0.717, 1.165) is 16.8 Å². The SMILES string of the molecule is CC(NC(=O)C1Cc2ncn(Cc3ccccc3Cl)c2CN1C(=O)Cc1ccccc1)C(=O)O. The third-order valence-electron chi connectivity index (χ3n) is 5.96. The Kier molecular flexibility index (Phi) is 6.98. The van der Waals surface area contributed by atoms with Crippen LogP contribution in [0.25, 0.3) is 0 Å². The van der Waals surface area contributed by atoms with E-state index in [1.54, 1.807) is 6.33 Å². The van der Waals surface area contributed by atoms with Gasteiger partial charge in [-0.3, -0.25) is 14.4 Å². The quantitative estimate of drug-likeness (QED) is 0.541. The zero-order valence-corrected chi connectivity index (χ0v) is 19.4. The molecule has 0 radical (unpaired) electrons. The monoisotopic (exact) mass is 480 g/mol. The van der Waals surface area contributed by atoms with Crippen molar-refractivity contribution in [3.8, 4) is 0 Å². The van der Waals surface area contributed by atoms with Crippen LogP contribution in [0.4, 0.5) is 0 Å². The van der Waals surface area contributed by atoms with Gasteiger partial charge in [0.2, 0.25) is 11.8 Å². The Morgan fingerprint density at radius 2 is 1.85 bits per heavy atom. The molecule has 1 aromatic heterocycles. The number of carboxylic acid groups (broad SMARTS) is 1. The van der Waals surface area contributed by atoms with E-state index in [4.69, 9.17) is 11.6 Å². The summed E-state index contributed by atoms with van der Waals surface area (Å²) in [5.41, 5.74) is 3.29. The predicted molar refractivity (Wildman–Crippen MR) is 126 cm³/mol. The molecule has 3 aromatic rings. The summed E-state index contributed by atoms with van der Waals surface area (Å²) >= 11 is 6.33. The Morgan fingerprint density at radius 1 is 1.15 bits per heavy atom. The molecule has 0 spiro atoms. The van der Waals surface area contributed by atoms with Crippen LogP contribution in [-0.2, 0) is 40.3 Å². The van der Waals surface area contributed by atoms with Crippen molar-refractivity contribution in [2.24, 2.45) is 0 Å². The van der Waals surface area contributed by atoms with Gasteiger partial charge in [0.05, 0.1) is 37.2 Å². The highest BCUT2D eigenvalue weighted by Gasteiger charge is 2.37. The highest BCUT2D eigenvalue weighted by Crippen LogP contribution is 2.26. The van der Waals surface area contributed by atoms with Crippen molar-refractivity contribution in [3.05, 3.63) is 88.5 Å². The minimum atomic E-state index is -1.14. The lowest BCUT2D eigenvalue weighted by Gasteiger charge is -2.35. The number of aromatic nitrogens is 2. The number of hydrogen-bond donors (Lipinski definition) is 2. The van der Waals surface area contributed by atoms with E-state index in [0.29, 0.717) is 17.3 Å². The first-order chi connectivity index (χ1) is 16.3. The van der Waals surface area contributed by atoms with Gasteiger partial charge in [0.1, 0.15) is 12.1 Å². The van der Waals surface area contributed by atoms with Gasteiger partial charge in [0, 0.05) is 11.4 Å². The highest BCUT2D eigenvalue weighted by molar-refractivity contribution is 6.31. The smallest absolute Gasteiger partial charge is 0.325 e. The van der Waals surface area contributed by atoms with Gasteiger partial charge in [-0.1, -0.05) is 60.1 Å². The molecule has 2 heterocycles. The van der Waals surface area contributed by atoms with Crippen molar-refractivity contribution in [2.75, 3.05) is 0 Å². The number of halogens is 1. The Hall–Kier alpha value is -3.65. The molecular formula is C25H25ClN4O4. The van der Waals surface area contributed by atoms with E-state index >= 15 is 0 Å². The lowest BCUT2D eigenvalue weighted by Crippen LogP contribution is -2.55. The van der Waals surface area contributed by atoms with Crippen molar-refractivity contribution in [2.45, 2.75) is 44.9 Å². The van der Waals surface area contributed by atoms with E-state index in [1.165, 1.54) is 11.8 Å². The molecule has 9 heteroatoms. The standard InChI is InChI=1S/C25H25ClN4O4/c1-16(25(33)34)28-24(32)21-12-20-22(14-30(21)23(31)11-17-7-3-2-4-8-17)29(15-27-20)13-18-9-5-6-10-19(18)26/h2-10,15-16,21H,11-14H2,1H3,(H,28,32)(H,33,34). The average Bonchev–Trinajstić information content (AvgIpc) is 3.22. The number of amides is 2. The van der Waals surface area contributed by atoms with Crippen LogP contribution >= 0.6 is 11.6 Å². The Labute approximate surface area is 202 Å². The first-order valence-corrected chi connectivity index (χ1v) is 11.3. The second kappa shape index (κ2) is 10.1. The molecule has 0 aliphatic carbocycles. The van der Waals surface area contributed by atoms with Crippen molar-refractivity contribution < 1.29 is 19.5 Å². The summed E-state index contributed by atoms with van der Waals surface area (Å²) in [7, 11) is 0. The number of carbonyl (C=O) groups excluding carboxylic acids is 2. The van der Waals surface area contributed by atoms with Crippen molar-refractivity contribution in [3.63, 3.8) is 0 Å². The molecule has 2 aromatic carbocycles. The molecule has 2 unspecified atom stereocenters. The molecule has 0 saturated heterocycles. The molecule has 0 saturated carbocycles. The number of fused-ring (bicyclic) bond motifs is 1. The maximum Gasteiger partial charge on any atom is 0.325 e. The number of hydrogen-bond acceptors (Lipinski definition) is 4. The number of aliphatic carboxylic acids is 1. The van der Waals surface area contributed by atoms with Crippen LogP contribution in [0.2, 0.25) is 5.02 Å². The van der Waals surface area contributed by atoms with Gasteiger partial charge < -0.3 is 19.9 Å². The van der Waals surface area contributed by atoms with Gasteiger partial charge in [0.15, 0.2) is 0 Å². The fourth-order valence-electron chi connectivity index (χ4n) is 4.05. The lowest BCUT2D eigenvalue weighted by atomic mass is 9.99. The molecular weight excluding hydrogens is 456 g/mol. The summed E-state index contributed by atoms with van der Waals surface area (Å²) < 4.78 is 1.94. The molecule has 1 aliphatic rings. The molecule has 0 fully saturated rings. The maximum absolute atomic E-state index is 13.3. The number of carboxylic acids is 1. The number of benzene rings is 2. The van der Waals surface area contributed by atoms with Gasteiger partial charge in [-0.05, 0) is 24.1 Å². The van der Waals surface area contributed by atoms with Crippen molar-refractivity contribution in [1.29, 1.82) is 0 Å². The zero-order valence-electron chi connectivity index (χ0n) is 18.6. The fourth-order valence-corrected chi connectivity index (χ4v) is 4.25. The third kappa shape index (κ3) is 5.12. The van der Waals surface area contributed by atoms with Crippen molar-refractivity contribution >= 4 is 29.4 Å². The molecule has 1 aliphatic heterocycles. The summed E-state index contributed by atoms with van der Waals surface area (Å²) in [5, 5.41) is 12.3. The van der Waals surface area contributed by atoms with Crippen LogP contribution in [0.15, 0.2) is 60.9 Å². The third-order valence-corrected chi connectivity index (χ3v) is 6.33. The van der Waals surface area contributed by atoms with Crippen LogP contribution in [0, 0.1) is 0 Å². The normalized spacial score (nSPS) is 15.9. The first-order valence-electron chi connectivity index (χ1n) is 11.0. The van der Waals surface area contributed by atoms with E-state index in [9.17, 15) is 19.5 Å². The molecule has 4 rings (SSSR count). The molecule has 34 heavy (non-hydrogen) atoms. The maximum atomic E-state index is 13.3. The summed E-state index contributed by atoms with van der Waals surface area (Å²) in [6.07, 6.45) is 2.02. The predicted octanol–water partition coefficient (Wildman–Crippen LogP) is 2.67. The Morgan fingerprint density at radius 3 is 2.56 bits per heavy atom. The fraction of sp³-hybridized carbons (Fsp3) is 0.280. The second-order valence-corrected chi connectivity index (χ2v) is 8.74. The number of nitrogens with one attached hydrogen (secondary N) is 1. The van der Waals surface area contributed by atoms with E-state index < -0.39 is 24.0 Å². The summed E-state index contributed by atoms with van der Waals surface area (Å²) in [6.45, 7) is 2.06. The van der Waals surface area contributed by atoms with Crippen molar-refractivity contribution in [1.82, 2.24) is 19.8 Å². The molecule has 176 valence electrons. The second-order valence-electron chi connectivity index (χ2n) is 8.33. The molecule has 2 amide bonds. The molecule has 0 bridgehead atoms. The lowest BCUT2D eigenvalue weighted by molar-refractivity contribution is -0.145. The van der Waals surface area contributed by atoms with Gasteiger partial charge in [0.25, 0.3) is 0 Å². The van der Waals surface area contributed by atoms with Crippen LogP contribution < -0.4 is 5.32 Å². The summed E-state index contributed by atoms with van der Waals surface area (Å²) in [6, 6.07) is 14.9. The highest BCUT2D eigenvalue weighted by atomic mass is 35.5. The first kappa shape index (κ1) is 23.5. The summed E-state index contributed by atoms with van der Waals surface area (Å²) in [5.74, 6) is -1.87. The number of carbonyl (C=O) groups is 3. The van der Waals surface area contributed by atoms with E-state index in [2.05, 4.69) is 10.3 Å². The number of nitrogens with zero attached hydrogens (tertiary/aromatic N) is 3. The van der Waals surface area contributed by atoms with Crippen LogP contribution in [0.3, 0.4) is 0 Å².